The number of alkyl halides is 3. The van der Waals surface area contributed by atoms with E-state index in [1.165, 1.54) is 23.9 Å². The molecule has 0 bridgehead atoms. The van der Waals surface area contributed by atoms with Gasteiger partial charge in [-0.3, -0.25) is 0 Å². The van der Waals surface area contributed by atoms with Gasteiger partial charge in [0.1, 0.15) is 5.82 Å². The Morgan fingerprint density at radius 2 is 1.68 bits per heavy atom. The van der Waals surface area contributed by atoms with Crippen LogP contribution in [0.2, 0.25) is 0 Å². The number of anilines is 2. The van der Waals surface area contributed by atoms with Crippen LogP contribution < -0.4 is 9.80 Å². The first-order valence-corrected chi connectivity index (χ1v) is 11.7. The molecule has 3 aromatic rings. The van der Waals surface area contributed by atoms with Crippen molar-refractivity contribution in [2.75, 3.05) is 36.0 Å². The molecule has 0 aliphatic carbocycles. The molecule has 34 heavy (non-hydrogen) atoms. The minimum absolute atomic E-state index is 0.243. The van der Waals surface area contributed by atoms with Crippen LogP contribution in [0.5, 0.6) is 0 Å². The molecule has 1 N–H and O–H groups in total. The third-order valence-corrected chi connectivity index (χ3v) is 6.45. The van der Waals surface area contributed by atoms with Crippen molar-refractivity contribution in [2.24, 2.45) is 0 Å². The second-order valence-corrected chi connectivity index (χ2v) is 8.91. The summed E-state index contributed by atoms with van der Waals surface area (Å²) in [5, 5.41) is 9.64. The van der Waals surface area contributed by atoms with Crippen LogP contribution >= 0.6 is 11.8 Å². The summed E-state index contributed by atoms with van der Waals surface area (Å²) in [7, 11) is 0. The van der Waals surface area contributed by atoms with Crippen molar-refractivity contribution in [3.8, 4) is 0 Å². The molecule has 0 spiro atoms. The van der Waals surface area contributed by atoms with Gasteiger partial charge in [0.2, 0.25) is 0 Å². The zero-order chi connectivity index (χ0) is 24.3. The Balaban J connectivity index is 1.39. The van der Waals surface area contributed by atoms with E-state index in [-0.39, 0.29) is 5.56 Å². The highest BCUT2D eigenvalue weighted by Gasteiger charge is 2.31. The standard InChI is InChI=1S/C24H23F3N4O2S/c1-16-13-21(29-23(28-16)34-15-17-5-7-18(8-6-17)22(32)33)31-11-9-30(10-12-31)20-4-2-3-19(14-20)24(25,26)27/h2-8,13-14H,9-12,15H2,1H3,(H,32,33). The van der Waals surface area contributed by atoms with Gasteiger partial charge in [-0.15, -0.1) is 0 Å². The third-order valence-electron chi connectivity index (χ3n) is 5.53. The second kappa shape index (κ2) is 9.92. The number of halogens is 3. The Morgan fingerprint density at radius 3 is 2.32 bits per heavy atom. The van der Waals surface area contributed by atoms with Gasteiger partial charge in [0.25, 0.3) is 0 Å². The lowest BCUT2D eigenvalue weighted by Gasteiger charge is -2.37. The van der Waals surface area contributed by atoms with Gasteiger partial charge in [-0.1, -0.05) is 30.0 Å². The lowest BCUT2D eigenvalue weighted by molar-refractivity contribution is -0.137. The highest BCUT2D eigenvalue weighted by molar-refractivity contribution is 7.98. The number of piperazine rings is 1. The van der Waals surface area contributed by atoms with Crippen molar-refractivity contribution in [3.63, 3.8) is 0 Å². The Bertz CT molecular complexity index is 1160. The smallest absolute Gasteiger partial charge is 0.416 e. The highest BCUT2D eigenvalue weighted by Crippen LogP contribution is 2.32. The first kappa shape index (κ1) is 23.9. The number of aromatic nitrogens is 2. The molecular formula is C24H23F3N4O2S. The van der Waals surface area contributed by atoms with Crippen LogP contribution in [-0.4, -0.2) is 47.2 Å². The average Bonchev–Trinajstić information content (AvgIpc) is 2.82. The van der Waals surface area contributed by atoms with Gasteiger partial charge in [0.05, 0.1) is 11.1 Å². The molecule has 1 aliphatic rings. The Labute approximate surface area is 199 Å². The second-order valence-electron chi connectivity index (χ2n) is 7.96. The van der Waals surface area contributed by atoms with Gasteiger partial charge in [-0.25, -0.2) is 14.8 Å². The van der Waals surface area contributed by atoms with E-state index in [0.717, 1.165) is 23.1 Å². The molecular weight excluding hydrogens is 465 g/mol. The van der Waals surface area contributed by atoms with E-state index in [1.54, 1.807) is 30.3 Å². The normalized spacial score (nSPS) is 14.4. The lowest BCUT2D eigenvalue weighted by Crippen LogP contribution is -2.47. The van der Waals surface area contributed by atoms with E-state index in [1.807, 2.05) is 17.9 Å². The summed E-state index contributed by atoms with van der Waals surface area (Å²) in [6.07, 6.45) is -4.36. The molecule has 1 aliphatic heterocycles. The summed E-state index contributed by atoms with van der Waals surface area (Å²) >= 11 is 1.47. The highest BCUT2D eigenvalue weighted by atomic mass is 32.2. The largest absolute Gasteiger partial charge is 0.478 e. The van der Waals surface area contributed by atoms with Crippen LogP contribution in [0.1, 0.15) is 27.2 Å². The van der Waals surface area contributed by atoms with E-state index in [9.17, 15) is 18.0 Å². The summed E-state index contributed by atoms with van der Waals surface area (Å²) < 4.78 is 39.1. The van der Waals surface area contributed by atoms with Gasteiger partial charge < -0.3 is 14.9 Å². The number of benzene rings is 2. The number of aromatic carboxylic acids is 1. The summed E-state index contributed by atoms with van der Waals surface area (Å²) in [5.41, 5.74) is 1.97. The SMILES string of the molecule is Cc1cc(N2CCN(c3cccc(C(F)(F)F)c3)CC2)nc(SCc2ccc(C(=O)O)cc2)n1. The minimum Gasteiger partial charge on any atom is -0.478 e. The zero-order valence-corrected chi connectivity index (χ0v) is 19.2. The number of carboxylic acid groups (broad SMARTS) is 1. The zero-order valence-electron chi connectivity index (χ0n) is 18.4. The summed E-state index contributed by atoms with van der Waals surface area (Å²) in [5.74, 6) is 0.436. The van der Waals surface area contributed by atoms with Crippen LogP contribution in [0, 0.1) is 6.92 Å². The molecule has 0 amide bonds. The Hall–Kier alpha value is -3.27. The molecule has 1 aromatic heterocycles. The predicted molar refractivity (Wildman–Crippen MR) is 126 cm³/mol. The molecule has 0 atom stereocenters. The van der Waals surface area contributed by atoms with Crippen molar-refractivity contribution < 1.29 is 23.1 Å². The van der Waals surface area contributed by atoms with Crippen molar-refractivity contribution in [1.29, 1.82) is 0 Å². The van der Waals surface area contributed by atoms with Crippen LogP contribution in [0.15, 0.2) is 59.8 Å². The predicted octanol–water partition coefficient (Wildman–Crippen LogP) is 5.12. The lowest BCUT2D eigenvalue weighted by atomic mass is 10.1. The third kappa shape index (κ3) is 5.80. The van der Waals surface area contributed by atoms with Crippen molar-refractivity contribution in [2.45, 2.75) is 24.0 Å². The maximum atomic E-state index is 13.0. The van der Waals surface area contributed by atoms with Gasteiger partial charge in [0.15, 0.2) is 5.16 Å². The molecule has 1 saturated heterocycles. The average molecular weight is 489 g/mol. The maximum absolute atomic E-state index is 13.0. The van der Waals surface area contributed by atoms with E-state index in [4.69, 9.17) is 5.11 Å². The number of hydrogen-bond donors (Lipinski definition) is 1. The number of rotatable bonds is 6. The van der Waals surface area contributed by atoms with Gasteiger partial charge in [0, 0.05) is 49.4 Å². The molecule has 0 radical (unpaired) electrons. The molecule has 2 aromatic carbocycles. The monoisotopic (exact) mass is 488 g/mol. The fourth-order valence-corrected chi connectivity index (χ4v) is 4.57. The van der Waals surface area contributed by atoms with E-state index >= 15 is 0 Å². The molecule has 10 heteroatoms. The molecule has 1 fully saturated rings. The molecule has 178 valence electrons. The number of nitrogens with zero attached hydrogens (tertiary/aromatic N) is 4. The van der Waals surface area contributed by atoms with Crippen LogP contribution in [0.4, 0.5) is 24.7 Å². The van der Waals surface area contributed by atoms with Gasteiger partial charge in [-0.2, -0.15) is 13.2 Å². The topological polar surface area (TPSA) is 69.6 Å². The van der Waals surface area contributed by atoms with E-state index in [0.29, 0.717) is 42.8 Å². The van der Waals surface area contributed by atoms with Crippen molar-refractivity contribution >= 4 is 29.2 Å². The van der Waals surface area contributed by atoms with Crippen LogP contribution in [0.3, 0.4) is 0 Å². The summed E-state index contributed by atoms with van der Waals surface area (Å²) in [6, 6.07) is 14.0. The molecule has 0 unspecified atom stereocenters. The van der Waals surface area contributed by atoms with Gasteiger partial charge in [-0.05, 0) is 42.8 Å². The Kier molecular flexibility index (Phi) is 6.97. The number of carboxylic acids is 1. The van der Waals surface area contributed by atoms with Crippen molar-refractivity contribution in [3.05, 3.63) is 77.0 Å². The fraction of sp³-hybridized carbons (Fsp3) is 0.292. The fourth-order valence-electron chi connectivity index (χ4n) is 3.72. The molecule has 6 nitrogen and oxygen atoms in total. The van der Waals surface area contributed by atoms with Crippen LogP contribution in [0.25, 0.3) is 0 Å². The summed E-state index contributed by atoms with van der Waals surface area (Å²) in [6.45, 7) is 4.34. The molecule has 0 saturated carbocycles. The molecule has 2 heterocycles. The maximum Gasteiger partial charge on any atom is 0.416 e. The molecule has 4 rings (SSSR count). The number of aryl methyl sites for hydroxylation is 1. The quantitative estimate of drug-likeness (QED) is 0.381. The first-order valence-electron chi connectivity index (χ1n) is 10.7. The summed E-state index contributed by atoms with van der Waals surface area (Å²) in [4.78, 5) is 24.2. The van der Waals surface area contributed by atoms with Crippen LogP contribution in [-0.2, 0) is 11.9 Å². The van der Waals surface area contributed by atoms with E-state index < -0.39 is 17.7 Å². The number of hydrogen-bond acceptors (Lipinski definition) is 6. The number of carbonyl (C=O) groups is 1. The minimum atomic E-state index is -4.36. The first-order chi connectivity index (χ1) is 16.2. The number of thioether (sulfide) groups is 1. The van der Waals surface area contributed by atoms with E-state index in [2.05, 4.69) is 14.9 Å². The van der Waals surface area contributed by atoms with Gasteiger partial charge >= 0.3 is 12.1 Å². The van der Waals surface area contributed by atoms with Crippen molar-refractivity contribution in [1.82, 2.24) is 9.97 Å². The Morgan fingerprint density at radius 1 is 1.00 bits per heavy atom.